The summed E-state index contributed by atoms with van der Waals surface area (Å²) in [5, 5.41) is 20.0. The molecule has 26 heavy (non-hydrogen) atoms. The number of nitrogens with zero attached hydrogens (tertiary/aromatic N) is 2. The van der Waals surface area contributed by atoms with Gasteiger partial charge in [-0.1, -0.05) is 18.2 Å². The number of carbonyl (C=O) groups excluding carboxylic acids is 1. The molecule has 0 fully saturated rings. The number of thiophene rings is 1. The molecule has 0 aliphatic carbocycles. The summed E-state index contributed by atoms with van der Waals surface area (Å²) in [6, 6.07) is 11.0. The maximum atomic E-state index is 12.4. The average Bonchev–Trinajstić information content (AvgIpc) is 3.20. The maximum absolute atomic E-state index is 12.4. The normalized spacial score (nSPS) is 12.2. The number of benzene rings is 1. The third kappa shape index (κ3) is 3.76. The summed E-state index contributed by atoms with van der Waals surface area (Å²) in [5.41, 5.74) is 1.82. The van der Waals surface area contributed by atoms with Crippen molar-refractivity contribution in [1.82, 2.24) is 20.4 Å². The number of hydrogen-bond acceptors (Lipinski definition) is 5. The van der Waals surface area contributed by atoms with Gasteiger partial charge in [0.1, 0.15) is 10.9 Å². The molecule has 0 bridgehead atoms. The number of carbonyl (C=O) groups is 2. The predicted molar refractivity (Wildman–Crippen MR) is 101 cm³/mol. The molecule has 1 aromatic carbocycles. The smallest absolute Gasteiger partial charge is 0.320 e. The molecule has 0 aliphatic heterocycles. The van der Waals surface area contributed by atoms with Crippen LogP contribution in [0.15, 0.2) is 36.4 Å². The van der Waals surface area contributed by atoms with Crippen molar-refractivity contribution in [3.05, 3.63) is 47.0 Å². The van der Waals surface area contributed by atoms with E-state index in [1.165, 1.54) is 11.3 Å². The fourth-order valence-corrected chi connectivity index (χ4v) is 3.64. The number of para-hydroxylation sites is 1. The molecule has 8 heteroatoms. The topological polar surface area (TPSA) is 96.3 Å². The van der Waals surface area contributed by atoms with Crippen LogP contribution in [0, 0.1) is 6.92 Å². The monoisotopic (exact) mass is 372 g/mol. The van der Waals surface area contributed by atoms with E-state index in [0.717, 1.165) is 21.6 Å². The number of aromatic nitrogens is 2. The first kappa shape index (κ1) is 18.1. The van der Waals surface area contributed by atoms with Crippen molar-refractivity contribution in [1.29, 1.82) is 0 Å². The standard InChI is InChI=1S/C18H20N4O3S/c1-11-14-10-15(16(23)20-9-8-19-12(2)18(24)25)26-17(14)22(21-11)13-6-4-3-5-7-13/h3-7,10,12,19H,8-9H2,1-2H3,(H,20,23)(H,24,25). The largest absolute Gasteiger partial charge is 0.480 e. The minimum atomic E-state index is -0.915. The number of rotatable bonds is 7. The zero-order chi connectivity index (χ0) is 18.7. The van der Waals surface area contributed by atoms with Crippen LogP contribution in [0.4, 0.5) is 0 Å². The van der Waals surface area contributed by atoms with Crippen LogP contribution < -0.4 is 10.6 Å². The molecule has 0 spiro atoms. The number of fused-ring (bicyclic) bond motifs is 1. The van der Waals surface area contributed by atoms with Crippen LogP contribution in [0.2, 0.25) is 0 Å². The van der Waals surface area contributed by atoms with E-state index in [1.807, 2.05) is 48.0 Å². The molecule has 7 nitrogen and oxygen atoms in total. The van der Waals surface area contributed by atoms with Gasteiger partial charge in [0.05, 0.1) is 16.3 Å². The molecule has 1 atom stereocenters. The van der Waals surface area contributed by atoms with Gasteiger partial charge in [-0.3, -0.25) is 9.59 Å². The van der Waals surface area contributed by atoms with Gasteiger partial charge in [-0.15, -0.1) is 11.3 Å². The lowest BCUT2D eigenvalue weighted by atomic mass is 10.3. The Hall–Kier alpha value is -2.71. The lowest BCUT2D eigenvalue weighted by Crippen LogP contribution is -2.39. The van der Waals surface area contributed by atoms with Crippen LogP contribution >= 0.6 is 11.3 Å². The third-order valence-electron chi connectivity index (χ3n) is 4.00. The van der Waals surface area contributed by atoms with Gasteiger partial charge in [-0.25, -0.2) is 4.68 Å². The van der Waals surface area contributed by atoms with Crippen molar-refractivity contribution in [3.8, 4) is 5.69 Å². The van der Waals surface area contributed by atoms with Crippen molar-refractivity contribution in [3.63, 3.8) is 0 Å². The number of nitrogens with one attached hydrogen (secondary N) is 2. The molecule has 3 N–H and O–H groups in total. The molecule has 0 saturated carbocycles. The molecule has 2 heterocycles. The second-order valence-corrected chi connectivity index (χ2v) is 6.96. The molecular formula is C18H20N4O3S. The highest BCUT2D eigenvalue weighted by Crippen LogP contribution is 2.30. The lowest BCUT2D eigenvalue weighted by molar-refractivity contribution is -0.138. The Kier molecular flexibility index (Phi) is 5.34. The maximum Gasteiger partial charge on any atom is 0.320 e. The summed E-state index contributed by atoms with van der Waals surface area (Å²) in [7, 11) is 0. The molecule has 0 aliphatic rings. The first-order chi connectivity index (χ1) is 12.5. The number of carboxylic acids is 1. The summed E-state index contributed by atoms with van der Waals surface area (Å²) >= 11 is 1.39. The first-order valence-corrected chi connectivity index (χ1v) is 9.08. The van der Waals surface area contributed by atoms with E-state index in [9.17, 15) is 9.59 Å². The van der Waals surface area contributed by atoms with Crippen LogP contribution in [0.1, 0.15) is 22.3 Å². The van der Waals surface area contributed by atoms with Gasteiger partial charge in [0.25, 0.3) is 5.91 Å². The number of amides is 1. The quantitative estimate of drug-likeness (QED) is 0.553. The van der Waals surface area contributed by atoms with E-state index in [-0.39, 0.29) is 5.91 Å². The fraction of sp³-hybridized carbons (Fsp3) is 0.278. The third-order valence-corrected chi connectivity index (χ3v) is 5.11. The highest BCUT2D eigenvalue weighted by molar-refractivity contribution is 7.20. The zero-order valence-electron chi connectivity index (χ0n) is 14.5. The van der Waals surface area contributed by atoms with Gasteiger partial charge in [-0.05, 0) is 32.0 Å². The zero-order valence-corrected chi connectivity index (χ0v) is 15.3. The minimum Gasteiger partial charge on any atom is -0.480 e. The van der Waals surface area contributed by atoms with E-state index in [0.29, 0.717) is 18.0 Å². The Labute approximate surface area is 154 Å². The summed E-state index contributed by atoms with van der Waals surface area (Å²) in [6.07, 6.45) is 0. The van der Waals surface area contributed by atoms with E-state index >= 15 is 0 Å². The van der Waals surface area contributed by atoms with Crippen LogP contribution in [-0.4, -0.2) is 45.9 Å². The summed E-state index contributed by atoms with van der Waals surface area (Å²) < 4.78 is 1.85. The number of aryl methyl sites for hydroxylation is 1. The van der Waals surface area contributed by atoms with Gasteiger partial charge in [0, 0.05) is 18.5 Å². The Balaban J connectivity index is 1.71. The van der Waals surface area contributed by atoms with E-state index in [2.05, 4.69) is 15.7 Å². The number of carboxylic acid groups (broad SMARTS) is 1. The van der Waals surface area contributed by atoms with Gasteiger partial charge < -0.3 is 15.7 Å². The van der Waals surface area contributed by atoms with Crippen molar-refractivity contribution < 1.29 is 14.7 Å². The van der Waals surface area contributed by atoms with Gasteiger partial charge in [0.2, 0.25) is 0 Å². The predicted octanol–water partition coefficient (Wildman–Crippen LogP) is 2.19. The molecule has 0 radical (unpaired) electrons. The molecule has 0 saturated heterocycles. The van der Waals surface area contributed by atoms with Gasteiger partial charge >= 0.3 is 5.97 Å². The van der Waals surface area contributed by atoms with Crippen molar-refractivity contribution in [2.45, 2.75) is 19.9 Å². The van der Waals surface area contributed by atoms with Gasteiger partial charge in [-0.2, -0.15) is 5.10 Å². The molecule has 3 aromatic rings. The number of aliphatic carboxylic acids is 1. The average molecular weight is 372 g/mol. The molecule has 136 valence electrons. The highest BCUT2D eigenvalue weighted by atomic mass is 32.1. The lowest BCUT2D eigenvalue weighted by Gasteiger charge is -2.09. The molecular weight excluding hydrogens is 352 g/mol. The van der Waals surface area contributed by atoms with E-state index in [4.69, 9.17) is 5.11 Å². The van der Waals surface area contributed by atoms with E-state index < -0.39 is 12.0 Å². The second kappa shape index (κ2) is 7.67. The molecule has 2 aromatic heterocycles. The fourth-order valence-electron chi connectivity index (χ4n) is 2.54. The van der Waals surface area contributed by atoms with Crippen LogP contribution in [-0.2, 0) is 4.79 Å². The first-order valence-electron chi connectivity index (χ1n) is 8.26. The van der Waals surface area contributed by atoms with Crippen molar-refractivity contribution in [2.75, 3.05) is 13.1 Å². The Bertz CT molecular complexity index is 933. The molecule has 1 unspecified atom stereocenters. The summed E-state index contributed by atoms with van der Waals surface area (Å²) in [6.45, 7) is 4.23. The highest BCUT2D eigenvalue weighted by Gasteiger charge is 2.17. The molecule has 1 amide bonds. The van der Waals surface area contributed by atoms with Crippen molar-refractivity contribution >= 4 is 33.4 Å². The Morgan fingerprint density at radius 3 is 2.69 bits per heavy atom. The summed E-state index contributed by atoms with van der Waals surface area (Å²) in [4.78, 5) is 24.7. The SMILES string of the molecule is Cc1nn(-c2ccccc2)c2sc(C(=O)NCCNC(C)C(=O)O)cc12. The Morgan fingerprint density at radius 1 is 1.27 bits per heavy atom. The summed E-state index contributed by atoms with van der Waals surface area (Å²) in [5.74, 6) is -1.09. The van der Waals surface area contributed by atoms with E-state index in [1.54, 1.807) is 6.92 Å². The van der Waals surface area contributed by atoms with Crippen LogP contribution in [0.3, 0.4) is 0 Å². The minimum absolute atomic E-state index is 0.171. The Morgan fingerprint density at radius 2 is 2.00 bits per heavy atom. The van der Waals surface area contributed by atoms with Gasteiger partial charge in [0.15, 0.2) is 0 Å². The van der Waals surface area contributed by atoms with Crippen LogP contribution in [0.25, 0.3) is 15.9 Å². The molecule has 3 rings (SSSR count). The van der Waals surface area contributed by atoms with Crippen molar-refractivity contribution in [2.24, 2.45) is 0 Å². The second-order valence-electron chi connectivity index (χ2n) is 5.93. The number of hydrogen-bond donors (Lipinski definition) is 3. The van der Waals surface area contributed by atoms with Crippen LogP contribution in [0.5, 0.6) is 0 Å².